The van der Waals surface area contributed by atoms with Crippen molar-refractivity contribution in [2.75, 3.05) is 5.75 Å². The van der Waals surface area contributed by atoms with Gasteiger partial charge in [0.25, 0.3) is 0 Å². The summed E-state index contributed by atoms with van der Waals surface area (Å²) in [7, 11) is 0. The first kappa shape index (κ1) is 19.8. The van der Waals surface area contributed by atoms with Gasteiger partial charge in [0, 0.05) is 16.9 Å². The average Bonchev–Trinajstić information content (AvgIpc) is 3.10. The minimum Gasteiger partial charge on any atom is -0.272 e. The molecule has 3 aromatic rings. The number of benzene rings is 3. The van der Waals surface area contributed by atoms with Crippen LogP contribution in [0.25, 0.3) is 0 Å². The predicted octanol–water partition coefficient (Wildman–Crippen LogP) is 6.62. The van der Waals surface area contributed by atoms with Crippen LogP contribution in [0.1, 0.15) is 28.7 Å². The van der Waals surface area contributed by atoms with Gasteiger partial charge < -0.3 is 0 Å². The molecule has 0 aliphatic heterocycles. The smallest absolute Gasteiger partial charge is 0.272 e. The first-order valence-corrected chi connectivity index (χ1v) is 10.5. The average molecular weight is 411 g/mol. The number of rotatable bonds is 5. The van der Waals surface area contributed by atoms with Gasteiger partial charge in [-0.1, -0.05) is 84.9 Å². The molecule has 29 heavy (non-hydrogen) atoms. The Labute approximate surface area is 172 Å². The molecule has 0 radical (unpaired) electrons. The highest BCUT2D eigenvalue weighted by Gasteiger charge is 2.42. The second-order valence-electron chi connectivity index (χ2n) is 7.12. The molecular weight excluding hydrogens is 391 g/mol. The van der Waals surface area contributed by atoms with Crippen molar-refractivity contribution in [3.05, 3.63) is 107 Å². The molecule has 1 atom stereocenters. The zero-order valence-electron chi connectivity index (χ0n) is 15.7. The Kier molecular flexibility index (Phi) is 5.50. The maximum atomic E-state index is 13.2. The standard InChI is InChI=1S/C24H20F3NS/c25-24(26,27)29-17-23(16-15-18-9-7-8-14-21(18)23)28-22(19-10-3-1-4-11-19)20-12-5-2-6-13-20/h1-14H,15-17H2. The van der Waals surface area contributed by atoms with Crippen molar-refractivity contribution in [3.8, 4) is 0 Å². The molecule has 0 saturated carbocycles. The molecule has 0 heterocycles. The fraction of sp³-hybridized carbons (Fsp3) is 0.208. The van der Waals surface area contributed by atoms with E-state index in [1.165, 1.54) is 0 Å². The van der Waals surface area contributed by atoms with Crippen LogP contribution in [0.5, 0.6) is 0 Å². The molecule has 0 spiro atoms. The summed E-state index contributed by atoms with van der Waals surface area (Å²) < 4.78 is 39.5. The van der Waals surface area contributed by atoms with Crippen LogP contribution >= 0.6 is 11.8 Å². The van der Waals surface area contributed by atoms with Gasteiger partial charge >= 0.3 is 5.51 Å². The number of nitrogens with zero attached hydrogens (tertiary/aromatic N) is 1. The van der Waals surface area contributed by atoms with Gasteiger partial charge in [0.2, 0.25) is 0 Å². The Morgan fingerprint density at radius 3 is 1.97 bits per heavy atom. The summed E-state index contributed by atoms with van der Waals surface area (Å²) in [6, 6.07) is 27.1. The SMILES string of the molecule is FC(F)(F)SCC1(N=C(c2ccccc2)c2ccccc2)CCc2ccccc21. The van der Waals surface area contributed by atoms with Crippen LogP contribution < -0.4 is 0 Å². The molecule has 3 aromatic carbocycles. The number of hydrogen-bond donors (Lipinski definition) is 0. The number of thioether (sulfide) groups is 1. The zero-order valence-corrected chi connectivity index (χ0v) is 16.5. The van der Waals surface area contributed by atoms with E-state index in [1.807, 2.05) is 84.9 Å². The molecule has 0 N–H and O–H groups in total. The molecule has 1 nitrogen and oxygen atoms in total. The molecule has 0 amide bonds. The summed E-state index contributed by atoms with van der Waals surface area (Å²) in [6.07, 6.45) is 1.30. The van der Waals surface area contributed by atoms with E-state index in [9.17, 15) is 13.2 Å². The number of hydrogen-bond acceptors (Lipinski definition) is 2. The summed E-state index contributed by atoms with van der Waals surface area (Å²) in [5.74, 6) is -0.128. The van der Waals surface area contributed by atoms with E-state index in [4.69, 9.17) is 4.99 Å². The Hall–Kier alpha value is -2.53. The second-order valence-corrected chi connectivity index (χ2v) is 8.16. The molecule has 0 fully saturated rings. The van der Waals surface area contributed by atoms with E-state index >= 15 is 0 Å². The third-order valence-electron chi connectivity index (χ3n) is 5.22. The van der Waals surface area contributed by atoms with Crippen LogP contribution in [-0.2, 0) is 12.0 Å². The zero-order chi connectivity index (χ0) is 20.3. The van der Waals surface area contributed by atoms with Crippen molar-refractivity contribution in [2.24, 2.45) is 4.99 Å². The van der Waals surface area contributed by atoms with E-state index in [1.54, 1.807) is 0 Å². The number of aryl methyl sites for hydroxylation is 1. The van der Waals surface area contributed by atoms with Crippen molar-refractivity contribution < 1.29 is 13.2 Å². The fourth-order valence-electron chi connectivity index (χ4n) is 3.87. The molecular formula is C24H20F3NS. The van der Waals surface area contributed by atoms with Crippen molar-refractivity contribution >= 4 is 17.5 Å². The number of halogens is 3. The van der Waals surface area contributed by atoms with Gasteiger partial charge in [-0.05, 0) is 35.7 Å². The van der Waals surface area contributed by atoms with Crippen LogP contribution in [0.15, 0.2) is 89.9 Å². The minimum absolute atomic E-state index is 0.0186. The molecule has 148 valence electrons. The highest BCUT2D eigenvalue weighted by Crippen LogP contribution is 2.46. The minimum atomic E-state index is -4.29. The summed E-state index contributed by atoms with van der Waals surface area (Å²) in [6.45, 7) is 0. The number of alkyl halides is 3. The van der Waals surface area contributed by atoms with Gasteiger partial charge in [0.15, 0.2) is 0 Å². The summed E-state index contributed by atoms with van der Waals surface area (Å²) in [5.41, 5.74) is -0.678. The molecule has 1 aliphatic rings. The van der Waals surface area contributed by atoms with Crippen LogP contribution in [0.3, 0.4) is 0 Å². The quantitative estimate of drug-likeness (QED) is 0.430. The number of fused-ring (bicyclic) bond motifs is 1. The maximum absolute atomic E-state index is 13.2. The highest BCUT2D eigenvalue weighted by atomic mass is 32.2. The van der Waals surface area contributed by atoms with Crippen LogP contribution in [-0.4, -0.2) is 17.0 Å². The van der Waals surface area contributed by atoms with Gasteiger partial charge in [0.1, 0.15) is 0 Å². The molecule has 0 bridgehead atoms. The maximum Gasteiger partial charge on any atom is 0.441 e. The Balaban J connectivity index is 1.88. The molecule has 4 rings (SSSR count). The van der Waals surface area contributed by atoms with Crippen molar-refractivity contribution in [1.29, 1.82) is 0 Å². The second kappa shape index (κ2) is 8.07. The summed E-state index contributed by atoms with van der Waals surface area (Å²) >= 11 is 0.0186. The summed E-state index contributed by atoms with van der Waals surface area (Å²) in [4.78, 5) is 5.09. The first-order valence-electron chi connectivity index (χ1n) is 9.47. The molecule has 1 aliphatic carbocycles. The lowest BCUT2D eigenvalue weighted by Gasteiger charge is -2.28. The lowest BCUT2D eigenvalue weighted by Crippen LogP contribution is -2.28. The van der Waals surface area contributed by atoms with E-state index in [0.29, 0.717) is 6.42 Å². The normalized spacial score (nSPS) is 18.3. The van der Waals surface area contributed by atoms with Gasteiger partial charge in [-0.25, -0.2) is 0 Å². The third-order valence-corrected chi connectivity index (χ3v) is 6.17. The fourth-order valence-corrected chi connectivity index (χ4v) is 4.64. The third kappa shape index (κ3) is 4.40. The molecule has 1 unspecified atom stereocenters. The van der Waals surface area contributed by atoms with E-state index < -0.39 is 11.0 Å². The Bertz CT molecular complexity index is 958. The van der Waals surface area contributed by atoms with E-state index in [2.05, 4.69) is 0 Å². The first-order chi connectivity index (χ1) is 14.0. The predicted molar refractivity (Wildman–Crippen MR) is 113 cm³/mol. The van der Waals surface area contributed by atoms with E-state index in [-0.39, 0.29) is 17.5 Å². The molecule has 5 heteroatoms. The number of aliphatic imine (C=N–C) groups is 1. The highest BCUT2D eigenvalue weighted by molar-refractivity contribution is 8.00. The molecule has 0 saturated heterocycles. The molecule has 0 aromatic heterocycles. The Morgan fingerprint density at radius 2 is 1.38 bits per heavy atom. The largest absolute Gasteiger partial charge is 0.441 e. The van der Waals surface area contributed by atoms with Crippen LogP contribution in [0, 0.1) is 0 Å². The van der Waals surface area contributed by atoms with Gasteiger partial charge in [0.05, 0.1) is 11.3 Å². The monoisotopic (exact) mass is 411 g/mol. The lowest BCUT2D eigenvalue weighted by molar-refractivity contribution is -0.0330. The van der Waals surface area contributed by atoms with Crippen molar-refractivity contribution in [1.82, 2.24) is 0 Å². The van der Waals surface area contributed by atoms with Crippen molar-refractivity contribution in [2.45, 2.75) is 23.9 Å². The summed E-state index contributed by atoms with van der Waals surface area (Å²) in [5, 5.41) is 0. The van der Waals surface area contributed by atoms with Crippen LogP contribution in [0.4, 0.5) is 13.2 Å². The topological polar surface area (TPSA) is 12.4 Å². The van der Waals surface area contributed by atoms with Gasteiger partial charge in [-0.2, -0.15) is 13.2 Å². The van der Waals surface area contributed by atoms with E-state index in [0.717, 1.165) is 34.4 Å². The van der Waals surface area contributed by atoms with Crippen LogP contribution in [0.2, 0.25) is 0 Å². The Morgan fingerprint density at radius 1 is 0.828 bits per heavy atom. The van der Waals surface area contributed by atoms with Gasteiger partial charge in [-0.15, -0.1) is 0 Å². The lowest BCUT2D eigenvalue weighted by atomic mass is 9.92. The van der Waals surface area contributed by atoms with Crippen molar-refractivity contribution in [3.63, 3.8) is 0 Å². The van der Waals surface area contributed by atoms with Gasteiger partial charge in [-0.3, -0.25) is 4.99 Å².